The van der Waals surface area contributed by atoms with E-state index in [0.717, 1.165) is 5.56 Å². The number of nitrogens with zero attached hydrogens (tertiary/aromatic N) is 4. The number of rotatable bonds is 7. The number of halogens is 1. The van der Waals surface area contributed by atoms with Gasteiger partial charge in [0.1, 0.15) is 18.1 Å². The van der Waals surface area contributed by atoms with Gasteiger partial charge in [0, 0.05) is 49.3 Å². The first-order chi connectivity index (χ1) is 16.9. The molecule has 1 saturated heterocycles. The number of nitro groups is 1. The predicted molar refractivity (Wildman–Crippen MR) is 133 cm³/mol. The minimum atomic E-state index is -0.732. The zero-order chi connectivity index (χ0) is 24.8. The molecule has 1 aromatic heterocycles. The van der Waals surface area contributed by atoms with Crippen LogP contribution in [0.15, 0.2) is 72.9 Å². The smallest absolute Gasteiger partial charge is 0.287 e. The maximum atomic E-state index is 13.5. The number of hydrogen-bond acceptors (Lipinski definition) is 6. The minimum Gasteiger partial charge on any atom is -0.353 e. The van der Waals surface area contributed by atoms with Crippen molar-refractivity contribution in [3.8, 4) is 0 Å². The van der Waals surface area contributed by atoms with Gasteiger partial charge >= 0.3 is 0 Å². The van der Waals surface area contributed by atoms with E-state index in [2.05, 4.69) is 10.3 Å². The second-order valence-corrected chi connectivity index (χ2v) is 8.60. The summed E-state index contributed by atoms with van der Waals surface area (Å²) in [5.74, 6) is 0.122. The largest absolute Gasteiger partial charge is 0.353 e. The summed E-state index contributed by atoms with van der Waals surface area (Å²) in [5, 5.41) is 14.3. The topological polar surface area (TPSA) is 109 Å². The molecule has 0 bridgehead atoms. The van der Waals surface area contributed by atoms with E-state index in [0.29, 0.717) is 49.0 Å². The highest BCUT2D eigenvalue weighted by Crippen LogP contribution is 2.18. The van der Waals surface area contributed by atoms with Crippen LogP contribution in [0.25, 0.3) is 0 Å². The molecule has 9 nitrogen and oxygen atoms in total. The van der Waals surface area contributed by atoms with Gasteiger partial charge in [-0.3, -0.25) is 19.7 Å². The van der Waals surface area contributed by atoms with E-state index in [1.165, 1.54) is 12.3 Å². The molecule has 35 heavy (non-hydrogen) atoms. The van der Waals surface area contributed by atoms with E-state index in [9.17, 15) is 19.7 Å². The fraction of sp³-hybridized carbons (Fsp3) is 0.240. The highest BCUT2D eigenvalue weighted by molar-refractivity contribution is 6.30. The van der Waals surface area contributed by atoms with E-state index in [-0.39, 0.29) is 17.5 Å². The van der Waals surface area contributed by atoms with E-state index in [1.54, 1.807) is 35.2 Å². The van der Waals surface area contributed by atoms with Gasteiger partial charge in [-0.2, -0.15) is 0 Å². The standard InChI is InChI=1S/C25H24ClN5O4/c26-20-8-6-19(7-9-20)24(32)28-22(16-18-4-2-1-3-5-18)25(33)30-14-12-29(13-15-30)23-11-10-21(17-27-23)31(34)35/h1-11,17,22H,12-16H2,(H,28,32). The average molecular weight is 494 g/mol. The summed E-state index contributed by atoms with van der Waals surface area (Å²) in [6, 6.07) is 18.4. The molecular formula is C25H24ClN5O4. The third-order valence-electron chi connectivity index (χ3n) is 5.85. The van der Waals surface area contributed by atoms with E-state index >= 15 is 0 Å². The van der Waals surface area contributed by atoms with E-state index < -0.39 is 11.0 Å². The van der Waals surface area contributed by atoms with Gasteiger partial charge in [0.25, 0.3) is 11.6 Å². The fourth-order valence-corrected chi connectivity index (χ4v) is 4.07. The second-order valence-electron chi connectivity index (χ2n) is 8.17. The lowest BCUT2D eigenvalue weighted by Gasteiger charge is -2.37. The molecule has 2 aromatic carbocycles. The number of hydrogen-bond donors (Lipinski definition) is 1. The lowest BCUT2D eigenvalue weighted by atomic mass is 10.0. The summed E-state index contributed by atoms with van der Waals surface area (Å²) in [7, 11) is 0. The Kier molecular flexibility index (Phi) is 7.57. The molecule has 0 aliphatic carbocycles. The van der Waals surface area contributed by atoms with Crippen molar-refractivity contribution in [3.05, 3.63) is 99.2 Å². The lowest BCUT2D eigenvalue weighted by Crippen LogP contribution is -2.55. The second kappa shape index (κ2) is 11.0. The van der Waals surface area contributed by atoms with Crippen LogP contribution in [0.3, 0.4) is 0 Å². The molecule has 3 aromatic rings. The fourth-order valence-electron chi connectivity index (χ4n) is 3.94. The molecule has 4 rings (SSSR count). The molecule has 1 N–H and O–H groups in total. The van der Waals surface area contributed by atoms with Crippen molar-refractivity contribution in [2.45, 2.75) is 12.5 Å². The van der Waals surface area contributed by atoms with Crippen molar-refractivity contribution in [3.63, 3.8) is 0 Å². The monoisotopic (exact) mass is 493 g/mol. The summed E-state index contributed by atoms with van der Waals surface area (Å²) in [5.41, 5.74) is 1.30. The third-order valence-corrected chi connectivity index (χ3v) is 6.10. The van der Waals surface area contributed by atoms with Crippen LogP contribution >= 0.6 is 11.6 Å². The van der Waals surface area contributed by atoms with Crippen LogP contribution in [-0.2, 0) is 11.2 Å². The minimum absolute atomic E-state index is 0.0669. The highest BCUT2D eigenvalue weighted by atomic mass is 35.5. The van der Waals surface area contributed by atoms with Gasteiger partial charge < -0.3 is 15.1 Å². The number of amides is 2. The molecule has 2 amide bonds. The molecular weight excluding hydrogens is 470 g/mol. The van der Waals surface area contributed by atoms with Crippen LogP contribution in [0.4, 0.5) is 11.5 Å². The summed E-state index contributed by atoms with van der Waals surface area (Å²) < 4.78 is 0. The van der Waals surface area contributed by atoms with Crippen LogP contribution in [0.2, 0.25) is 5.02 Å². The Balaban J connectivity index is 1.44. The highest BCUT2D eigenvalue weighted by Gasteiger charge is 2.29. The van der Waals surface area contributed by atoms with Crippen LogP contribution < -0.4 is 10.2 Å². The number of aromatic nitrogens is 1. The van der Waals surface area contributed by atoms with Crippen molar-refractivity contribution in [2.24, 2.45) is 0 Å². The molecule has 0 saturated carbocycles. The van der Waals surface area contributed by atoms with Gasteiger partial charge in [-0.1, -0.05) is 41.9 Å². The molecule has 180 valence electrons. The number of carbonyl (C=O) groups excluding carboxylic acids is 2. The number of piperazine rings is 1. The normalized spacial score (nSPS) is 14.3. The van der Waals surface area contributed by atoms with Gasteiger partial charge in [-0.15, -0.1) is 0 Å². The number of carbonyl (C=O) groups is 2. The van der Waals surface area contributed by atoms with Crippen LogP contribution in [0, 0.1) is 10.1 Å². The molecule has 1 aliphatic heterocycles. The van der Waals surface area contributed by atoms with Crippen molar-refractivity contribution in [2.75, 3.05) is 31.1 Å². The summed E-state index contributed by atoms with van der Waals surface area (Å²) in [6.45, 7) is 1.94. The summed E-state index contributed by atoms with van der Waals surface area (Å²) in [4.78, 5) is 44.6. The van der Waals surface area contributed by atoms with Crippen LogP contribution in [0.5, 0.6) is 0 Å². The Labute approximate surface area is 207 Å². The maximum absolute atomic E-state index is 13.5. The van der Waals surface area contributed by atoms with Gasteiger partial charge in [0.05, 0.1) is 4.92 Å². The number of nitrogens with one attached hydrogen (secondary N) is 1. The number of anilines is 1. The molecule has 10 heteroatoms. The first kappa shape index (κ1) is 24.2. The summed E-state index contributed by atoms with van der Waals surface area (Å²) in [6.07, 6.45) is 1.60. The predicted octanol–water partition coefficient (Wildman–Crippen LogP) is 3.33. The summed E-state index contributed by atoms with van der Waals surface area (Å²) >= 11 is 5.93. The lowest BCUT2D eigenvalue weighted by molar-refractivity contribution is -0.385. The van der Waals surface area contributed by atoms with Gasteiger partial charge in [-0.25, -0.2) is 4.98 Å². The first-order valence-electron chi connectivity index (χ1n) is 11.2. The molecule has 1 fully saturated rings. The third kappa shape index (κ3) is 6.13. The number of pyridine rings is 1. The Morgan fingerprint density at radius 3 is 2.29 bits per heavy atom. The maximum Gasteiger partial charge on any atom is 0.287 e. The molecule has 1 unspecified atom stereocenters. The van der Waals surface area contributed by atoms with Crippen molar-refractivity contribution in [1.82, 2.24) is 15.2 Å². The molecule has 1 aliphatic rings. The Morgan fingerprint density at radius 1 is 1.00 bits per heavy atom. The van der Waals surface area contributed by atoms with Crippen molar-refractivity contribution in [1.29, 1.82) is 0 Å². The Bertz CT molecular complexity index is 1180. The number of benzene rings is 2. The first-order valence-corrected chi connectivity index (χ1v) is 11.5. The SMILES string of the molecule is O=C(NC(Cc1ccccc1)C(=O)N1CCN(c2ccc([N+](=O)[O-])cn2)CC1)c1ccc(Cl)cc1. The van der Waals surface area contributed by atoms with E-state index in [1.807, 2.05) is 35.2 Å². The Hall–Kier alpha value is -3.98. The van der Waals surface area contributed by atoms with Crippen molar-refractivity contribution >= 4 is 34.9 Å². The van der Waals surface area contributed by atoms with Crippen LogP contribution in [-0.4, -0.2) is 58.8 Å². The molecule has 0 radical (unpaired) electrons. The average Bonchev–Trinajstić information content (AvgIpc) is 2.89. The zero-order valence-electron chi connectivity index (χ0n) is 18.8. The van der Waals surface area contributed by atoms with Gasteiger partial charge in [-0.05, 0) is 35.9 Å². The van der Waals surface area contributed by atoms with Gasteiger partial charge in [0.2, 0.25) is 5.91 Å². The van der Waals surface area contributed by atoms with Crippen molar-refractivity contribution < 1.29 is 14.5 Å². The van der Waals surface area contributed by atoms with E-state index in [4.69, 9.17) is 11.6 Å². The molecule has 2 heterocycles. The van der Waals surface area contributed by atoms with Gasteiger partial charge in [0.15, 0.2) is 0 Å². The Morgan fingerprint density at radius 2 is 1.69 bits per heavy atom. The van der Waals surface area contributed by atoms with Crippen LogP contribution in [0.1, 0.15) is 15.9 Å². The quantitative estimate of drug-likeness (QED) is 0.399. The zero-order valence-corrected chi connectivity index (χ0v) is 19.6. The molecule has 0 spiro atoms. The molecule has 1 atom stereocenters.